The number of hydrogen-bond acceptors (Lipinski definition) is 4. The van der Waals surface area contributed by atoms with Gasteiger partial charge in [0.2, 0.25) is 5.91 Å². The Kier molecular flexibility index (Phi) is 8.45. The van der Waals surface area contributed by atoms with Crippen LogP contribution in [0.25, 0.3) is 0 Å². The van der Waals surface area contributed by atoms with Gasteiger partial charge in [-0.15, -0.1) is 0 Å². The van der Waals surface area contributed by atoms with Crippen molar-refractivity contribution in [3.8, 4) is 5.75 Å². The van der Waals surface area contributed by atoms with Gasteiger partial charge in [-0.1, -0.05) is 36.4 Å². The molecule has 0 aliphatic carbocycles. The zero-order valence-corrected chi connectivity index (χ0v) is 21.2. The topological polar surface area (TPSA) is 53.1 Å². The van der Waals surface area contributed by atoms with Gasteiger partial charge in [0, 0.05) is 44.7 Å². The van der Waals surface area contributed by atoms with E-state index in [2.05, 4.69) is 35.2 Å². The molecule has 4 rings (SSSR count). The quantitative estimate of drug-likeness (QED) is 0.663. The van der Waals surface area contributed by atoms with Crippen LogP contribution in [0.1, 0.15) is 54.9 Å². The molecule has 1 spiro atoms. The van der Waals surface area contributed by atoms with Crippen molar-refractivity contribution in [3.63, 3.8) is 0 Å². The Morgan fingerprint density at radius 1 is 0.971 bits per heavy atom. The SMILES string of the molecule is CC(=O)N1CCCC[C@@]2(CCCN2CCc2ccccc2)CN(C)C(=O)c2cccc(c2)OCC1. The number of likely N-dealkylation sites (tertiary alicyclic amines) is 1. The molecule has 2 aromatic rings. The van der Waals surface area contributed by atoms with Crippen molar-refractivity contribution in [2.75, 3.05) is 46.4 Å². The Morgan fingerprint density at radius 2 is 1.77 bits per heavy atom. The number of carbonyl (C=O) groups is 2. The van der Waals surface area contributed by atoms with Crippen LogP contribution in [0.3, 0.4) is 0 Å². The highest BCUT2D eigenvalue weighted by Crippen LogP contribution is 2.35. The molecule has 1 saturated heterocycles. The smallest absolute Gasteiger partial charge is 0.253 e. The van der Waals surface area contributed by atoms with Crippen LogP contribution in [0.15, 0.2) is 54.6 Å². The lowest BCUT2D eigenvalue weighted by atomic mass is 9.88. The Balaban J connectivity index is 1.56. The van der Waals surface area contributed by atoms with Crippen molar-refractivity contribution < 1.29 is 14.3 Å². The summed E-state index contributed by atoms with van der Waals surface area (Å²) in [7, 11) is 1.93. The Morgan fingerprint density at radius 3 is 2.57 bits per heavy atom. The van der Waals surface area contributed by atoms with Gasteiger partial charge >= 0.3 is 0 Å². The molecule has 1 fully saturated rings. The van der Waals surface area contributed by atoms with Gasteiger partial charge in [-0.2, -0.15) is 0 Å². The highest BCUT2D eigenvalue weighted by atomic mass is 16.5. The molecule has 6 heteroatoms. The fourth-order valence-corrected chi connectivity index (χ4v) is 5.70. The van der Waals surface area contributed by atoms with Crippen LogP contribution in [0.4, 0.5) is 0 Å². The number of nitrogens with zero attached hydrogens (tertiary/aromatic N) is 3. The van der Waals surface area contributed by atoms with Crippen molar-refractivity contribution in [2.24, 2.45) is 0 Å². The minimum atomic E-state index is -0.0332. The largest absolute Gasteiger partial charge is 0.492 e. The standard InChI is InChI=1S/C29H39N3O3/c1-24(33)31-17-7-6-15-29(16-9-18-32(29)19-14-25-10-4-3-5-11-25)23-30(2)28(34)26-12-8-13-27(22-26)35-21-20-31/h3-5,8,10-13,22H,6-7,9,14-21,23H2,1-2H3/t29-/m1/s1. The molecule has 188 valence electrons. The highest BCUT2D eigenvalue weighted by Gasteiger charge is 2.41. The molecule has 2 aliphatic rings. The second kappa shape index (κ2) is 11.7. The molecule has 35 heavy (non-hydrogen) atoms. The van der Waals surface area contributed by atoms with E-state index in [9.17, 15) is 9.59 Å². The maximum atomic E-state index is 13.4. The van der Waals surface area contributed by atoms with E-state index in [1.807, 2.05) is 41.1 Å². The van der Waals surface area contributed by atoms with E-state index in [0.717, 1.165) is 58.2 Å². The Bertz CT molecular complexity index is 996. The van der Waals surface area contributed by atoms with Crippen molar-refractivity contribution in [3.05, 3.63) is 65.7 Å². The van der Waals surface area contributed by atoms with Gasteiger partial charge in [0.25, 0.3) is 5.91 Å². The lowest BCUT2D eigenvalue weighted by molar-refractivity contribution is -0.129. The van der Waals surface area contributed by atoms with Gasteiger partial charge in [-0.05, 0) is 68.8 Å². The molecule has 1 atom stereocenters. The van der Waals surface area contributed by atoms with E-state index in [1.165, 1.54) is 5.56 Å². The lowest BCUT2D eigenvalue weighted by Crippen LogP contribution is -2.53. The number of ether oxygens (including phenoxy) is 1. The van der Waals surface area contributed by atoms with Gasteiger partial charge in [-0.25, -0.2) is 0 Å². The molecule has 0 radical (unpaired) electrons. The molecule has 2 aromatic carbocycles. The summed E-state index contributed by atoms with van der Waals surface area (Å²) in [5.74, 6) is 0.786. The molecule has 0 saturated carbocycles. The highest BCUT2D eigenvalue weighted by molar-refractivity contribution is 5.94. The van der Waals surface area contributed by atoms with Gasteiger partial charge in [0.05, 0.1) is 6.54 Å². The summed E-state index contributed by atoms with van der Waals surface area (Å²) in [5, 5.41) is 0. The molecule has 6 nitrogen and oxygen atoms in total. The first-order valence-corrected chi connectivity index (χ1v) is 13.0. The summed E-state index contributed by atoms with van der Waals surface area (Å²) in [6.45, 7) is 6.13. The van der Waals surface area contributed by atoms with Crippen LogP contribution in [0.5, 0.6) is 5.75 Å². The number of rotatable bonds is 3. The van der Waals surface area contributed by atoms with E-state index in [-0.39, 0.29) is 17.4 Å². The lowest BCUT2D eigenvalue weighted by Gasteiger charge is -2.42. The van der Waals surface area contributed by atoms with Crippen molar-refractivity contribution in [2.45, 2.75) is 51.0 Å². The average Bonchev–Trinajstić information content (AvgIpc) is 3.25. The van der Waals surface area contributed by atoms with E-state index < -0.39 is 0 Å². The summed E-state index contributed by atoms with van der Waals surface area (Å²) < 4.78 is 5.90. The third-order valence-electron chi connectivity index (χ3n) is 7.61. The van der Waals surface area contributed by atoms with Crippen LogP contribution in [-0.4, -0.2) is 78.4 Å². The predicted molar refractivity (Wildman–Crippen MR) is 139 cm³/mol. The zero-order chi connectivity index (χ0) is 24.7. The summed E-state index contributed by atoms with van der Waals surface area (Å²) in [6, 6.07) is 18.1. The van der Waals surface area contributed by atoms with Gasteiger partial charge in [0.15, 0.2) is 0 Å². The van der Waals surface area contributed by atoms with E-state index >= 15 is 0 Å². The first-order chi connectivity index (χ1) is 17.0. The fraction of sp³-hybridized carbons (Fsp3) is 0.517. The zero-order valence-electron chi connectivity index (χ0n) is 21.2. The molecular weight excluding hydrogens is 438 g/mol. The van der Waals surface area contributed by atoms with Crippen LogP contribution >= 0.6 is 0 Å². The van der Waals surface area contributed by atoms with E-state index in [1.54, 1.807) is 6.92 Å². The maximum Gasteiger partial charge on any atom is 0.253 e. The number of likely N-dealkylation sites (N-methyl/N-ethyl adjacent to an activating group) is 1. The molecule has 0 unspecified atom stereocenters. The molecular formula is C29H39N3O3. The minimum Gasteiger partial charge on any atom is -0.492 e. The number of benzene rings is 2. The maximum absolute atomic E-state index is 13.4. The fourth-order valence-electron chi connectivity index (χ4n) is 5.70. The van der Waals surface area contributed by atoms with E-state index in [4.69, 9.17) is 4.74 Å². The molecule has 0 N–H and O–H groups in total. The molecule has 2 aliphatic heterocycles. The van der Waals surface area contributed by atoms with Gasteiger partial charge < -0.3 is 14.5 Å². The van der Waals surface area contributed by atoms with Gasteiger partial charge in [-0.3, -0.25) is 14.5 Å². The Hall–Kier alpha value is -2.86. The van der Waals surface area contributed by atoms with Crippen molar-refractivity contribution in [1.29, 1.82) is 0 Å². The van der Waals surface area contributed by atoms with Crippen LogP contribution in [-0.2, 0) is 11.2 Å². The number of amides is 2. The number of fused-ring (bicyclic) bond motifs is 2. The third-order valence-corrected chi connectivity index (χ3v) is 7.61. The van der Waals surface area contributed by atoms with E-state index in [0.29, 0.717) is 31.0 Å². The summed E-state index contributed by atoms with van der Waals surface area (Å²) in [5.41, 5.74) is 1.96. The number of hydrogen-bond donors (Lipinski definition) is 0. The van der Waals surface area contributed by atoms with Crippen LogP contribution < -0.4 is 4.74 Å². The molecule has 2 amide bonds. The minimum absolute atomic E-state index is 0.0324. The molecule has 0 aromatic heterocycles. The first kappa shape index (κ1) is 25.2. The summed E-state index contributed by atoms with van der Waals surface area (Å²) >= 11 is 0. The first-order valence-electron chi connectivity index (χ1n) is 13.0. The van der Waals surface area contributed by atoms with Crippen LogP contribution in [0.2, 0.25) is 0 Å². The van der Waals surface area contributed by atoms with Gasteiger partial charge in [0.1, 0.15) is 12.4 Å². The summed E-state index contributed by atoms with van der Waals surface area (Å²) in [4.78, 5) is 32.0. The normalized spacial score (nSPS) is 22.5. The monoisotopic (exact) mass is 477 g/mol. The predicted octanol–water partition coefficient (Wildman–Crippen LogP) is 4.25. The average molecular weight is 478 g/mol. The summed E-state index contributed by atoms with van der Waals surface area (Å²) in [6.07, 6.45) is 6.28. The second-order valence-electron chi connectivity index (χ2n) is 10.1. The van der Waals surface area contributed by atoms with Crippen molar-refractivity contribution >= 4 is 11.8 Å². The molecule has 2 bridgehead atoms. The number of carbonyl (C=O) groups excluding carboxylic acids is 2. The molecule has 2 heterocycles. The van der Waals surface area contributed by atoms with Crippen molar-refractivity contribution in [1.82, 2.24) is 14.7 Å². The third kappa shape index (κ3) is 6.43. The van der Waals surface area contributed by atoms with Crippen LogP contribution in [0, 0.1) is 0 Å². The Labute approximate surface area is 209 Å². The second-order valence-corrected chi connectivity index (χ2v) is 10.1.